The fourth-order valence-corrected chi connectivity index (χ4v) is 13.7. The van der Waals surface area contributed by atoms with E-state index in [1.54, 1.807) is 16.7 Å². The van der Waals surface area contributed by atoms with Crippen molar-refractivity contribution in [1.29, 1.82) is 0 Å². The summed E-state index contributed by atoms with van der Waals surface area (Å²) in [4.78, 5) is 0. The van der Waals surface area contributed by atoms with E-state index in [2.05, 4.69) is 78.8 Å². The molecule has 2 N–H and O–H groups in total. The Hall–Kier alpha value is -2.74. The summed E-state index contributed by atoms with van der Waals surface area (Å²) in [6, 6.07) is 12.5. The van der Waals surface area contributed by atoms with Gasteiger partial charge in [-0.15, -0.1) is 0 Å². The summed E-state index contributed by atoms with van der Waals surface area (Å²) in [5.74, 6) is 1.17. The third-order valence-electron chi connectivity index (χ3n) is 19.1. The van der Waals surface area contributed by atoms with Crippen molar-refractivity contribution >= 4 is 0 Å². The normalized spacial score (nSPS) is 11.7. The first kappa shape index (κ1) is 74.5. The number of hydrogen-bond donors (Lipinski definition) is 2. The molecule has 0 spiro atoms. The van der Waals surface area contributed by atoms with E-state index in [4.69, 9.17) is 0 Å². The Balaban J connectivity index is 2.30. The van der Waals surface area contributed by atoms with Crippen molar-refractivity contribution in [2.45, 2.75) is 408 Å². The van der Waals surface area contributed by atoms with Crippen molar-refractivity contribution in [3.63, 3.8) is 0 Å². The third kappa shape index (κ3) is 33.8. The van der Waals surface area contributed by atoms with E-state index in [0.29, 0.717) is 11.5 Å². The van der Waals surface area contributed by atoms with E-state index < -0.39 is 0 Å². The quantitative estimate of drug-likeness (QED) is 0.0553. The first-order chi connectivity index (χ1) is 40.8. The highest BCUT2D eigenvalue weighted by Gasteiger charge is 2.22. The maximum atomic E-state index is 12.7. The summed E-state index contributed by atoms with van der Waals surface area (Å²) < 4.78 is 0. The molecular formula is C81H140O2. The van der Waals surface area contributed by atoms with Crippen LogP contribution in [0, 0.1) is 0 Å². The molecule has 476 valence electrons. The van der Waals surface area contributed by atoms with E-state index in [1.165, 1.54) is 333 Å². The van der Waals surface area contributed by atoms with Gasteiger partial charge in [0.2, 0.25) is 0 Å². The molecule has 2 heteroatoms. The number of unbranched alkanes of at least 4 members (excludes halogenated alkanes) is 40. The first-order valence-corrected chi connectivity index (χ1v) is 37.7. The van der Waals surface area contributed by atoms with Crippen LogP contribution in [0.3, 0.4) is 0 Å². The van der Waals surface area contributed by atoms with Crippen LogP contribution in [-0.2, 0) is 57.8 Å². The molecule has 0 radical (unpaired) electrons. The van der Waals surface area contributed by atoms with Gasteiger partial charge in [-0.25, -0.2) is 0 Å². The molecule has 0 unspecified atom stereocenters. The smallest absolute Gasteiger partial charge is 0.122 e. The molecule has 3 aromatic carbocycles. The highest BCUT2D eigenvalue weighted by atomic mass is 16.3. The minimum absolute atomic E-state index is 0.585. The molecule has 0 saturated heterocycles. The molecule has 3 rings (SSSR count). The fourth-order valence-electron chi connectivity index (χ4n) is 13.7. The predicted molar refractivity (Wildman–Crippen MR) is 371 cm³/mol. The molecule has 0 aromatic heterocycles. The van der Waals surface area contributed by atoms with Crippen LogP contribution in [0.15, 0.2) is 30.3 Å². The summed E-state index contributed by atoms with van der Waals surface area (Å²) >= 11 is 0. The third-order valence-corrected chi connectivity index (χ3v) is 19.1. The van der Waals surface area contributed by atoms with E-state index in [1.807, 2.05) is 0 Å². The van der Waals surface area contributed by atoms with E-state index in [9.17, 15) is 10.2 Å². The van der Waals surface area contributed by atoms with Crippen LogP contribution in [0.5, 0.6) is 11.5 Å². The molecule has 0 atom stereocenters. The molecular weight excluding hydrogens is 1000 g/mol. The summed E-state index contributed by atoms with van der Waals surface area (Å²) in [7, 11) is 0. The summed E-state index contributed by atoms with van der Waals surface area (Å²) in [5, 5.41) is 25.3. The SMILES string of the molecule is CCCCCCCCCc1cc(CCCCCCCCC)c(O)c(Cc2cc(Cc3cc(CCCCCCCCC)cc(CCCCCCCCC)c3O)c(CCCCCCCC)c(CCCCCCCCC)c2CCCCCCCC)c1. The topological polar surface area (TPSA) is 40.5 Å². The van der Waals surface area contributed by atoms with Crippen molar-refractivity contribution < 1.29 is 10.2 Å². The van der Waals surface area contributed by atoms with Gasteiger partial charge in [0, 0.05) is 12.8 Å². The van der Waals surface area contributed by atoms with Crippen LogP contribution in [0.25, 0.3) is 0 Å². The zero-order chi connectivity index (χ0) is 59.6. The molecule has 0 bridgehead atoms. The first-order valence-electron chi connectivity index (χ1n) is 37.7. The molecule has 0 aliphatic rings. The molecule has 3 aromatic rings. The van der Waals surface area contributed by atoms with Crippen molar-refractivity contribution in [3.8, 4) is 11.5 Å². The zero-order valence-corrected chi connectivity index (χ0v) is 56.9. The van der Waals surface area contributed by atoms with Gasteiger partial charge >= 0.3 is 0 Å². The van der Waals surface area contributed by atoms with Crippen LogP contribution < -0.4 is 0 Å². The van der Waals surface area contributed by atoms with Crippen molar-refractivity contribution in [1.82, 2.24) is 0 Å². The fraction of sp³-hybridized carbons (Fsp3) is 0.778. The van der Waals surface area contributed by atoms with Gasteiger partial charge in [0.1, 0.15) is 11.5 Å². The van der Waals surface area contributed by atoms with Gasteiger partial charge in [0.05, 0.1) is 0 Å². The molecule has 0 saturated carbocycles. The lowest BCUT2D eigenvalue weighted by molar-refractivity contribution is 0.459. The molecule has 0 heterocycles. The lowest BCUT2D eigenvalue weighted by Crippen LogP contribution is -2.12. The minimum atomic E-state index is 0.585. The molecule has 0 aliphatic heterocycles. The van der Waals surface area contributed by atoms with E-state index in [0.717, 1.165) is 70.6 Å². The Morgan fingerprint density at radius 2 is 0.398 bits per heavy atom. The van der Waals surface area contributed by atoms with E-state index in [-0.39, 0.29) is 0 Å². The largest absolute Gasteiger partial charge is 0.507 e. The minimum Gasteiger partial charge on any atom is -0.507 e. The number of aryl methyl sites for hydroxylation is 4. The zero-order valence-electron chi connectivity index (χ0n) is 56.9. The Morgan fingerprint density at radius 1 is 0.193 bits per heavy atom. The van der Waals surface area contributed by atoms with Crippen LogP contribution in [0.2, 0.25) is 0 Å². The number of rotatable bonds is 58. The second-order valence-corrected chi connectivity index (χ2v) is 26.9. The average Bonchev–Trinajstić information content (AvgIpc) is 3.61. The molecule has 83 heavy (non-hydrogen) atoms. The second-order valence-electron chi connectivity index (χ2n) is 26.9. The number of phenolic OH excluding ortho intramolecular Hbond substituents is 2. The number of hydrogen-bond acceptors (Lipinski definition) is 2. The number of benzene rings is 3. The van der Waals surface area contributed by atoms with Gasteiger partial charge in [-0.2, -0.15) is 0 Å². The Bertz CT molecular complexity index is 1860. The number of phenols is 2. The highest BCUT2D eigenvalue weighted by Crippen LogP contribution is 2.38. The van der Waals surface area contributed by atoms with Gasteiger partial charge in [-0.1, -0.05) is 336 Å². The van der Waals surface area contributed by atoms with Crippen molar-refractivity contribution in [2.75, 3.05) is 0 Å². The van der Waals surface area contributed by atoms with Crippen molar-refractivity contribution in [2.24, 2.45) is 0 Å². The molecule has 2 nitrogen and oxygen atoms in total. The monoisotopic (exact) mass is 1150 g/mol. The maximum absolute atomic E-state index is 12.7. The Kier molecular flexibility index (Phi) is 46.1. The van der Waals surface area contributed by atoms with Gasteiger partial charge in [0.25, 0.3) is 0 Å². The molecule has 0 amide bonds. The standard InChI is InChI=1S/C81H140O2/c1-8-15-22-29-36-41-48-55-69-62-71(57-50-43-38-31-24-17-10-3)80(82)75(64-69)67-73-66-74(68-76-65-70(56-49-42-37-30-23-16-9-2)63-72(81(76)83)58-51-44-39-32-25-18-11-4)78(60-53-46-35-28-21-14-7)79(61-54-47-40-33-26-19-12-5)77(73)59-52-45-34-27-20-13-6/h62-66,82-83H,8-61,67-68H2,1-7H3. The average molecular weight is 1150 g/mol. The lowest BCUT2D eigenvalue weighted by atomic mass is 9.80. The summed E-state index contributed by atoms with van der Waals surface area (Å²) in [5.41, 5.74) is 15.5. The Morgan fingerprint density at radius 3 is 0.663 bits per heavy atom. The second kappa shape index (κ2) is 51.3. The van der Waals surface area contributed by atoms with Crippen molar-refractivity contribution in [3.05, 3.63) is 91.5 Å². The van der Waals surface area contributed by atoms with Gasteiger partial charge in [-0.3, -0.25) is 0 Å². The van der Waals surface area contributed by atoms with Crippen LogP contribution in [-0.4, -0.2) is 10.2 Å². The summed E-state index contributed by atoms with van der Waals surface area (Å²) in [6.07, 6.45) is 70.8. The molecule has 0 fully saturated rings. The van der Waals surface area contributed by atoms with Crippen LogP contribution >= 0.6 is 0 Å². The maximum Gasteiger partial charge on any atom is 0.122 e. The number of aromatic hydroxyl groups is 2. The Labute approximate surface area is 518 Å². The predicted octanol–water partition coefficient (Wildman–Crippen LogP) is 26.6. The van der Waals surface area contributed by atoms with Gasteiger partial charge in [-0.05, 0) is 151 Å². The summed E-state index contributed by atoms with van der Waals surface area (Å²) in [6.45, 7) is 16.3. The van der Waals surface area contributed by atoms with Gasteiger partial charge < -0.3 is 10.2 Å². The lowest BCUT2D eigenvalue weighted by Gasteiger charge is -2.25. The molecule has 0 aliphatic carbocycles. The van der Waals surface area contributed by atoms with Gasteiger partial charge in [0.15, 0.2) is 0 Å². The van der Waals surface area contributed by atoms with Crippen LogP contribution in [0.1, 0.15) is 411 Å². The van der Waals surface area contributed by atoms with Crippen LogP contribution in [0.4, 0.5) is 0 Å². The highest BCUT2D eigenvalue weighted by molar-refractivity contribution is 5.54. The van der Waals surface area contributed by atoms with E-state index >= 15 is 0 Å².